The summed E-state index contributed by atoms with van der Waals surface area (Å²) in [6, 6.07) is 24.9. The van der Waals surface area contributed by atoms with E-state index in [1.807, 2.05) is 54.6 Å². The van der Waals surface area contributed by atoms with Gasteiger partial charge in [0.15, 0.2) is 11.6 Å². The molecule has 0 saturated carbocycles. The predicted octanol–water partition coefficient (Wildman–Crippen LogP) is 5.44. The minimum atomic E-state index is -1.30. The van der Waals surface area contributed by atoms with Gasteiger partial charge in [-0.05, 0) is 65.9 Å². The van der Waals surface area contributed by atoms with Gasteiger partial charge in [-0.25, -0.2) is 4.79 Å². The molecule has 2 amide bonds. The number of nitrogens with zero attached hydrogens (tertiary/aromatic N) is 1. The van der Waals surface area contributed by atoms with Crippen molar-refractivity contribution in [3.63, 3.8) is 0 Å². The number of ether oxygens (including phenoxy) is 2. The fourth-order valence-electron chi connectivity index (χ4n) is 7.46. The summed E-state index contributed by atoms with van der Waals surface area (Å²) >= 11 is 0. The highest BCUT2D eigenvalue weighted by molar-refractivity contribution is 6.00. The number of carboxylic acid groups (broad SMARTS) is 1. The smallest absolute Gasteiger partial charge is 0.326 e. The molecule has 1 heterocycles. The van der Waals surface area contributed by atoms with Crippen molar-refractivity contribution in [2.24, 2.45) is 29.0 Å². The van der Waals surface area contributed by atoms with Crippen molar-refractivity contribution in [3.8, 4) is 22.6 Å². The zero-order chi connectivity index (χ0) is 43.9. The second kappa shape index (κ2) is 22.5. The molecule has 5 rings (SSSR count). The van der Waals surface area contributed by atoms with Gasteiger partial charge in [0.1, 0.15) is 36.8 Å². The number of ketones is 2. The van der Waals surface area contributed by atoms with Gasteiger partial charge < -0.3 is 42.0 Å². The largest absolute Gasteiger partial charge is 0.492 e. The third-order valence-corrected chi connectivity index (χ3v) is 10.7. The van der Waals surface area contributed by atoms with Crippen molar-refractivity contribution in [1.82, 2.24) is 10.2 Å². The molecule has 13 heteroatoms. The molecule has 0 unspecified atom stereocenters. The van der Waals surface area contributed by atoms with Crippen molar-refractivity contribution in [2.75, 3.05) is 39.9 Å². The Bertz CT molecular complexity index is 2170. The third kappa shape index (κ3) is 12.4. The average Bonchev–Trinajstić information content (AvgIpc) is 3.26. The quantitative estimate of drug-likeness (QED) is 0.0483. The number of carboxylic acids is 1. The van der Waals surface area contributed by atoms with E-state index in [1.54, 1.807) is 55.5 Å². The summed E-state index contributed by atoms with van der Waals surface area (Å²) in [5.74, 6) is -3.85. The molecule has 0 aromatic heterocycles. The van der Waals surface area contributed by atoms with E-state index >= 15 is 0 Å². The Kier molecular flexibility index (Phi) is 16.9. The second-order valence-electron chi connectivity index (χ2n) is 15.4. The maximum atomic E-state index is 14.7. The Morgan fingerprint density at radius 3 is 2.05 bits per heavy atom. The molecule has 0 aliphatic carbocycles. The standard InChI is InChI=1S/C48H57N5O8/c1-31-26-42(55)45(53(2)47(57)37(10-6-7-21-49)30-41(54)35-16-13-33(14-17-35)12-11-32-8-4-3-5-9-32)36-18-20-44(61-25-23-51)39(29-36)38-27-34(15-19-43(38)60-24-22-50)28-40(48(58)59)52-46(31)56/h3-5,8-9,11-20,27,29,31,37,40,45H,6-7,10,21-26,28,30,49-51H2,1-2H3,(H,52,56)(H,58,59)/b12-11+/t31-,37-,40+,45+/m1/s1. The Balaban J connectivity index is 1.55. The van der Waals surface area contributed by atoms with Crippen LogP contribution in [-0.4, -0.2) is 85.3 Å². The number of nitrogens with two attached hydrogens (primary N) is 3. The van der Waals surface area contributed by atoms with Crippen LogP contribution in [0.2, 0.25) is 0 Å². The van der Waals surface area contributed by atoms with Crippen LogP contribution < -0.4 is 32.0 Å². The lowest BCUT2D eigenvalue weighted by Crippen LogP contribution is -2.45. The van der Waals surface area contributed by atoms with Crippen LogP contribution in [0, 0.1) is 11.8 Å². The van der Waals surface area contributed by atoms with Crippen LogP contribution in [0.5, 0.6) is 11.5 Å². The lowest BCUT2D eigenvalue weighted by molar-refractivity contribution is -0.144. The van der Waals surface area contributed by atoms with Crippen molar-refractivity contribution in [2.45, 2.75) is 57.5 Å². The number of carbonyl (C=O) groups is 5. The number of rotatable bonds is 18. The molecule has 0 spiro atoms. The number of benzene rings is 4. The SMILES string of the molecule is C[C@@H]1CC(=O)[C@@H](N(C)C(=O)[C@H](CCCCN)CC(=O)c2ccc(/C=C/c3ccccc3)cc2)c2ccc(OCCN)c(c2)-c2cc(ccc2OCCN)C[C@@H](C(=O)O)NC1=O. The Labute approximate surface area is 357 Å². The number of nitrogens with one attached hydrogen (secondary N) is 1. The monoisotopic (exact) mass is 831 g/mol. The first-order valence-corrected chi connectivity index (χ1v) is 20.8. The molecule has 1 aliphatic rings. The molecule has 4 atom stereocenters. The molecule has 4 aromatic carbocycles. The van der Waals surface area contributed by atoms with Crippen molar-refractivity contribution in [1.29, 1.82) is 0 Å². The van der Waals surface area contributed by atoms with Gasteiger partial charge in [-0.3, -0.25) is 19.2 Å². The maximum Gasteiger partial charge on any atom is 0.326 e. The summed E-state index contributed by atoms with van der Waals surface area (Å²) in [5.41, 5.74) is 21.9. The summed E-state index contributed by atoms with van der Waals surface area (Å²) in [6.07, 6.45) is 5.06. The van der Waals surface area contributed by atoms with E-state index in [2.05, 4.69) is 5.32 Å². The zero-order valence-corrected chi connectivity index (χ0v) is 34.9. The fraction of sp³-hybridized carbons (Fsp3) is 0.354. The average molecular weight is 832 g/mol. The van der Waals surface area contributed by atoms with Crippen LogP contribution in [0.1, 0.15) is 77.7 Å². The van der Waals surface area contributed by atoms with Gasteiger partial charge in [0.05, 0.1) is 0 Å². The van der Waals surface area contributed by atoms with E-state index < -0.39 is 47.5 Å². The lowest BCUT2D eigenvalue weighted by Gasteiger charge is -2.32. The molecule has 8 N–H and O–H groups in total. The summed E-state index contributed by atoms with van der Waals surface area (Å²) in [5, 5.41) is 12.7. The van der Waals surface area contributed by atoms with Crippen LogP contribution in [-0.2, 0) is 25.6 Å². The van der Waals surface area contributed by atoms with E-state index in [4.69, 9.17) is 26.7 Å². The van der Waals surface area contributed by atoms with Crippen molar-refractivity contribution in [3.05, 3.63) is 119 Å². The van der Waals surface area contributed by atoms with Gasteiger partial charge in [0, 0.05) is 67.9 Å². The second-order valence-corrected chi connectivity index (χ2v) is 15.4. The van der Waals surface area contributed by atoms with E-state index in [1.165, 1.54) is 11.9 Å². The first-order valence-electron chi connectivity index (χ1n) is 20.8. The third-order valence-electron chi connectivity index (χ3n) is 10.7. The molecule has 4 aromatic rings. The van der Waals surface area contributed by atoms with E-state index in [0.29, 0.717) is 65.1 Å². The Morgan fingerprint density at radius 1 is 0.803 bits per heavy atom. The summed E-state index contributed by atoms with van der Waals surface area (Å²) in [4.78, 5) is 70.5. The number of hydrogen-bond acceptors (Lipinski definition) is 10. The first-order chi connectivity index (χ1) is 29.4. The van der Waals surface area contributed by atoms with Crippen molar-refractivity contribution < 1.29 is 38.6 Å². The van der Waals surface area contributed by atoms with Crippen LogP contribution in [0.15, 0.2) is 91.0 Å². The summed E-state index contributed by atoms with van der Waals surface area (Å²) < 4.78 is 12.2. The normalized spacial score (nSPS) is 17.2. The van der Waals surface area contributed by atoms with Gasteiger partial charge in [-0.15, -0.1) is 0 Å². The topological polar surface area (TPSA) is 217 Å². The zero-order valence-electron chi connectivity index (χ0n) is 34.9. The van der Waals surface area contributed by atoms with Crippen molar-refractivity contribution >= 4 is 41.5 Å². The molecule has 0 saturated heterocycles. The fourth-order valence-corrected chi connectivity index (χ4v) is 7.46. The number of carbonyl (C=O) groups excluding carboxylic acids is 4. The van der Waals surface area contributed by atoms with E-state index in [0.717, 1.165) is 11.1 Å². The van der Waals surface area contributed by atoms with Crippen LogP contribution in [0.4, 0.5) is 0 Å². The molecule has 61 heavy (non-hydrogen) atoms. The molecule has 322 valence electrons. The van der Waals surface area contributed by atoms with Crippen LogP contribution >= 0.6 is 0 Å². The highest BCUT2D eigenvalue weighted by Crippen LogP contribution is 2.41. The highest BCUT2D eigenvalue weighted by atomic mass is 16.5. The Hall–Kier alpha value is -6.15. The molecule has 13 nitrogen and oxygen atoms in total. The van der Waals surface area contributed by atoms with Gasteiger partial charge >= 0.3 is 5.97 Å². The molecular weight excluding hydrogens is 775 g/mol. The Morgan fingerprint density at radius 2 is 1.43 bits per heavy atom. The van der Waals surface area contributed by atoms with E-state index in [-0.39, 0.29) is 51.3 Å². The number of unbranched alkanes of at least 4 members (excludes halogenated alkanes) is 1. The molecule has 0 fully saturated rings. The first kappa shape index (κ1) is 45.9. The van der Waals surface area contributed by atoms with Gasteiger partial charge in [-0.2, -0.15) is 0 Å². The molecule has 0 radical (unpaired) electrons. The number of amides is 2. The van der Waals surface area contributed by atoms with Gasteiger partial charge in [0.2, 0.25) is 11.8 Å². The predicted molar refractivity (Wildman–Crippen MR) is 236 cm³/mol. The van der Waals surface area contributed by atoms with Gasteiger partial charge in [0.25, 0.3) is 0 Å². The van der Waals surface area contributed by atoms with Gasteiger partial charge in [-0.1, -0.05) is 92.2 Å². The molecule has 1 aliphatic heterocycles. The van der Waals surface area contributed by atoms with Crippen LogP contribution in [0.3, 0.4) is 0 Å². The minimum Gasteiger partial charge on any atom is -0.492 e. The van der Waals surface area contributed by atoms with E-state index in [9.17, 15) is 29.1 Å². The summed E-state index contributed by atoms with van der Waals surface area (Å²) in [6.45, 7) is 2.74. The maximum absolute atomic E-state index is 14.7. The number of aliphatic carboxylic acids is 1. The number of Topliss-reactive ketones (excluding diaryl/α,β-unsaturated/α-hetero) is 2. The molecular formula is C48H57N5O8. The number of likely N-dealkylation sites (N-methyl/N-ethyl adjacent to an activating group) is 1. The highest BCUT2D eigenvalue weighted by Gasteiger charge is 2.36. The number of hydrogen-bond donors (Lipinski definition) is 5. The molecule has 4 bridgehead atoms. The minimum absolute atomic E-state index is 0.0514. The summed E-state index contributed by atoms with van der Waals surface area (Å²) in [7, 11) is 1.53. The number of fused-ring (bicyclic) bond motifs is 5. The van der Waals surface area contributed by atoms with Crippen LogP contribution in [0.25, 0.3) is 23.3 Å². The lowest BCUT2D eigenvalue weighted by atomic mass is 9.88.